The average Bonchev–Trinajstić information content (AvgIpc) is 3.17. The predicted molar refractivity (Wildman–Crippen MR) is 122 cm³/mol. The number of allylic oxidation sites excluding steroid dienone is 1. The smallest absolute Gasteiger partial charge is 0.119 e. The maximum atomic E-state index is 5.97. The third kappa shape index (κ3) is 4.28. The molecule has 0 unspecified atom stereocenters. The van der Waals surface area contributed by atoms with E-state index in [2.05, 4.69) is 97.6 Å². The first-order chi connectivity index (χ1) is 14.3. The van der Waals surface area contributed by atoms with Crippen LogP contribution in [0.4, 0.5) is 0 Å². The fourth-order valence-electron chi connectivity index (χ4n) is 4.13. The molecule has 148 valence electrons. The van der Waals surface area contributed by atoms with Crippen LogP contribution in [-0.2, 0) is 6.42 Å². The van der Waals surface area contributed by atoms with Crippen LogP contribution in [0.25, 0.3) is 11.1 Å². The summed E-state index contributed by atoms with van der Waals surface area (Å²) in [6.45, 7) is 8.20. The minimum Gasteiger partial charge on any atom is -0.492 e. The standard InChI is InChI=1S/C27H29NO/c1-3-28(4-2)18-19-29-24-16-14-21(15-17-24)26-20-23-12-8-9-13-25(23)27(26)22-10-6-5-7-11-22/h5-17H,3-4,18-20H2,1-2H3. The molecule has 2 heteroatoms. The monoisotopic (exact) mass is 383 g/mol. The Kier molecular flexibility index (Phi) is 6.12. The van der Waals surface area contributed by atoms with E-state index in [1.54, 1.807) is 0 Å². The highest BCUT2D eigenvalue weighted by atomic mass is 16.5. The van der Waals surface area contributed by atoms with Gasteiger partial charge >= 0.3 is 0 Å². The summed E-state index contributed by atoms with van der Waals surface area (Å²) in [4.78, 5) is 2.38. The van der Waals surface area contributed by atoms with Gasteiger partial charge in [-0.05, 0) is 65.0 Å². The molecule has 0 aromatic heterocycles. The molecule has 0 saturated heterocycles. The van der Waals surface area contributed by atoms with E-state index in [1.165, 1.54) is 33.4 Å². The van der Waals surface area contributed by atoms with Gasteiger partial charge in [0.25, 0.3) is 0 Å². The van der Waals surface area contributed by atoms with E-state index in [1.807, 2.05) is 0 Å². The van der Waals surface area contributed by atoms with E-state index in [-0.39, 0.29) is 0 Å². The molecule has 0 N–H and O–H groups in total. The summed E-state index contributed by atoms with van der Waals surface area (Å²) in [5.41, 5.74) is 8.07. The largest absolute Gasteiger partial charge is 0.492 e. The fraction of sp³-hybridized carbons (Fsp3) is 0.259. The molecular weight excluding hydrogens is 354 g/mol. The first-order valence-corrected chi connectivity index (χ1v) is 10.6. The van der Waals surface area contributed by atoms with Crippen molar-refractivity contribution < 1.29 is 4.74 Å². The summed E-state index contributed by atoms with van der Waals surface area (Å²) in [5, 5.41) is 0. The highest BCUT2D eigenvalue weighted by Crippen LogP contribution is 2.42. The molecule has 3 aromatic rings. The molecule has 4 rings (SSSR count). The average molecular weight is 384 g/mol. The van der Waals surface area contributed by atoms with Crippen LogP contribution in [-0.4, -0.2) is 31.1 Å². The molecule has 0 bridgehead atoms. The number of hydrogen-bond donors (Lipinski definition) is 0. The minimum atomic E-state index is 0.727. The van der Waals surface area contributed by atoms with Gasteiger partial charge < -0.3 is 9.64 Å². The molecule has 0 heterocycles. The molecule has 2 nitrogen and oxygen atoms in total. The number of ether oxygens (including phenoxy) is 1. The van der Waals surface area contributed by atoms with Crippen molar-refractivity contribution in [3.8, 4) is 5.75 Å². The van der Waals surface area contributed by atoms with Crippen molar-refractivity contribution in [2.45, 2.75) is 20.3 Å². The Morgan fingerprint density at radius 1 is 0.759 bits per heavy atom. The van der Waals surface area contributed by atoms with Crippen molar-refractivity contribution in [3.63, 3.8) is 0 Å². The fourth-order valence-corrected chi connectivity index (χ4v) is 4.13. The predicted octanol–water partition coefficient (Wildman–Crippen LogP) is 5.92. The van der Waals surface area contributed by atoms with E-state index in [4.69, 9.17) is 4.74 Å². The van der Waals surface area contributed by atoms with Crippen molar-refractivity contribution in [1.29, 1.82) is 0 Å². The van der Waals surface area contributed by atoms with Crippen LogP contribution in [0.15, 0.2) is 78.9 Å². The lowest BCUT2D eigenvalue weighted by Gasteiger charge is -2.18. The molecule has 0 saturated carbocycles. The Labute approximate surface area is 174 Å². The van der Waals surface area contributed by atoms with Crippen LogP contribution in [0.1, 0.15) is 36.1 Å². The van der Waals surface area contributed by atoms with E-state index >= 15 is 0 Å². The first-order valence-electron chi connectivity index (χ1n) is 10.6. The van der Waals surface area contributed by atoms with Gasteiger partial charge in [0.2, 0.25) is 0 Å². The van der Waals surface area contributed by atoms with Crippen LogP contribution >= 0.6 is 0 Å². The number of benzene rings is 3. The molecule has 0 spiro atoms. The maximum Gasteiger partial charge on any atom is 0.119 e. The van der Waals surface area contributed by atoms with Crippen molar-refractivity contribution >= 4 is 11.1 Å². The lowest BCUT2D eigenvalue weighted by atomic mass is 9.94. The van der Waals surface area contributed by atoms with Gasteiger partial charge in [-0.2, -0.15) is 0 Å². The van der Waals surface area contributed by atoms with Crippen molar-refractivity contribution in [1.82, 2.24) is 4.90 Å². The molecule has 0 aliphatic heterocycles. The van der Waals surface area contributed by atoms with Crippen molar-refractivity contribution in [2.24, 2.45) is 0 Å². The second kappa shape index (κ2) is 9.11. The Hall–Kier alpha value is -2.84. The van der Waals surface area contributed by atoms with Gasteiger partial charge in [-0.25, -0.2) is 0 Å². The Bertz CT molecular complexity index is 969. The SMILES string of the molecule is CCN(CC)CCOc1ccc(C2=C(c3ccccc3)c3ccccc3C2)cc1. The third-order valence-corrected chi connectivity index (χ3v) is 5.79. The van der Waals surface area contributed by atoms with Crippen LogP contribution < -0.4 is 4.74 Å². The van der Waals surface area contributed by atoms with Gasteiger partial charge in [-0.1, -0.05) is 80.6 Å². The number of likely N-dealkylation sites (N-methyl/N-ethyl adjacent to an activating group) is 1. The second-order valence-corrected chi connectivity index (χ2v) is 7.45. The van der Waals surface area contributed by atoms with Gasteiger partial charge in [-0.3, -0.25) is 0 Å². The zero-order chi connectivity index (χ0) is 20.1. The van der Waals surface area contributed by atoms with E-state index in [0.29, 0.717) is 0 Å². The summed E-state index contributed by atoms with van der Waals surface area (Å²) in [5.74, 6) is 0.943. The van der Waals surface area contributed by atoms with Gasteiger partial charge in [0.05, 0.1) is 0 Å². The number of fused-ring (bicyclic) bond motifs is 1. The highest BCUT2D eigenvalue weighted by molar-refractivity contribution is 6.03. The molecule has 1 aliphatic carbocycles. The normalized spacial score (nSPS) is 13.1. The lowest BCUT2D eigenvalue weighted by molar-refractivity contribution is 0.223. The van der Waals surface area contributed by atoms with Crippen LogP contribution in [0.5, 0.6) is 5.75 Å². The molecule has 1 aliphatic rings. The topological polar surface area (TPSA) is 12.5 Å². The van der Waals surface area contributed by atoms with Crippen LogP contribution in [0.3, 0.4) is 0 Å². The van der Waals surface area contributed by atoms with Gasteiger partial charge in [-0.15, -0.1) is 0 Å². The molecule has 29 heavy (non-hydrogen) atoms. The number of rotatable bonds is 8. The molecule has 0 amide bonds. The summed E-state index contributed by atoms with van der Waals surface area (Å²) in [6, 6.07) is 28.1. The Morgan fingerprint density at radius 2 is 1.45 bits per heavy atom. The molecule has 0 atom stereocenters. The first kappa shape index (κ1) is 19.5. The van der Waals surface area contributed by atoms with E-state index < -0.39 is 0 Å². The van der Waals surface area contributed by atoms with Gasteiger partial charge in [0.15, 0.2) is 0 Å². The van der Waals surface area contributed by atoms with Crippen molar-refractivity contribution in [2.75, 3.05) is 26.2 Å². The van der Waals surface area contributed by atoms with Crippen molar-refractivity contribution in [3.05, 3.63) is 101 Å². The summed E-state index contributed by atoms with van der Waals surface area (Å²) >= 11 is 0. The molecule has 0 fully saturated rings. The van der Waals surface area contributed by atoms with Gasteiger partial charge in [0, 0.05) is 6.54 Å². The zero-order valence-electron chi connectivity index (χ0n) is 17.4. The van der Waals surface area contributed by atoms with E-state index in [0.717, 1.165) is 38.4 Å². The lowest BCUT2D eigenvalue weighted by Crippen LogP contribution is -2.27. The molecular formula is C27H29NO. The third-order valence-electron chi connectivity index (χ3n) is 5.79. The van der Waals surface area contributed by atoms with E-state index in [9.17, 15) is 0 Å². The summed E-state index contributed by atoms with van der Waals surface area (Å²) in [6.07, 6.45) is 0.975. The second-order valence-electron chi connectivity index (χ2n) is 7.45. The maximum absolute atomic E-state index is 5.97. The summed E-state index contributed by atoms with van der Waals surface area (Å²) < 4.78 is 5.97. The quantitative estimate of drug-likeness (QED) is 0.478. The molecule has 0 radical (unpaired) electrons. The summed E-state index contributed by atoms with van der Waals surface area (Å²) in [7, 11) is 0. The van der Waals surface area contributed by atoms with Crippen LogP contribution in [0.2, 0.25) is 0 Å². The Balaban J connectivity index is 1.58. The zero-order valence-corrected chi connectivity index (χ0v) is 17.4. The van der Waals surface area contributed by atoms with Crippen LogP contribution in [0, 0.1) is 0 Å². The number of nitrogens with zero attached hydrogens (tertiary/aromatic N) is 1. The molecule has 3 aromatic carbocycles. The number of hydrogen-bond acceptors (Lipinski definition) is 2. The minimum absolute atomic E-state index is 0.727. The Morgan fingerprint density at radius 3 is 2.17 bits per heavy atom. The highest BCUT2D eigenvalue weighted by Gasteiger charge is 2.23. The van der Waals surface area contributed by atoms with Gasteiger partial charge in [0.1, 0.15) is 12.4 Å².